The first-order chi connectivity index (χ1) is 14.8. The lowest BCUT2D eigenvalue weighted by Gasteiger charge is -2.14. The minimum atomic E-state index is -4.49. The second kappa shape index (κ2) is 9.26. The van der Waals surface area contributed by atoms with Crippen molar-refractivity contribution in [3.8, 4) is 11.1 Å². The largest absolute Gasteiger partial charge is 0.417 e. The van der Waals surface area contributed by atoms with Crippen LogP contribution in [0.15, 0.2) is 91.5 Å². The van der Waals surface area contributed by atoms with Gasteiger partial charge in [-0.05, 0) is 59.2 Å². The summed E-state index contributed by atoms with van der Waals surface area (Å²) in [6.45, 7) is 3.37. The first-order valence-electron chi connectivity index (χ1n) is 9.31. The molecule has 0 saturated carbocycles. The van der Waals surface area contributed by atoms with Gasteiger partial charge in [0.2, 0.25) is 5.91 Å². The maximum atomic E-state index is 13.4. The van der Waals surface area contributed by atoms with Gasteiger partial charge in [0, 0.05) is 11.3 Å². The zero-order valence-corrected chi connectivity index (χ0v) is 16.3. The molecule has 0 aromatic heterocycles. The van der Waals surface area contributed by atoms with Crippen LogP contribution in [0.3, 0.4) is 0 Å². The summed E-state index contributed by atoms with van der Waals surface area (Å²) >= 11 is 0. The molecule has 0 spiro atoms. The monoisotopic (exact) mass is 421 g/mol. The third kappa shape index (κ3) is 5.36. The van der Waals surface area contributed by atoms with Crippen molar-refractivity contribution in [2.75, 3.05) is 5.32 Å². The summed E-state index contributed by atoms with van der Waals surface area (Å²) < 4.78 is 40.3. The second-order valence-corrected chi connectivity index (χ2v) is 6.60. The van der Waals surface area contributed by atoms with E-state index in [0.717, 1.165) is 12.1 Å². The van der Waals surface area contributed by atoms with E-state index in [1.807, 2.05) is 0 Å². The highest BCUT2D eigenvalue weighted by atomic mass is 19.4. The van der Waals surface area contributed by atoms with Crippen molar-refractivity contribution in [2.45, 2.75) is 6.18 Å². The van der Waals surface area contributed by atoms with Gasteiger partial charge in [-0.1, -0.05) is 55.1 Å². The minimum Gasteiger partial charge on any atom is -0.323 e. The summed E-state index contributed by atoms with van der Waals surface area (Å²) in [5, 5.41) is 2.58. The van der Waals surface area contributed by atoms with Crippen LogP contribution in [-0.4, -0.2) is 11.7 Å². The lowest BCUT2D eigenvalue weighted by molar-refractivity contribution is -0.137. The van der Waals surface area contributed by atoms with E-state index in [1.54, 1.807) is 54.6 Å². The third-order valence-corrected chi connectivity index (χ3v) is 4.52. The smallest absolute Gasteiger partial charge is 0.323 e. The van der Waals surface area contributed by atoms with E-state index >= 15 is 0 Å². The van der Waals surface area contributed by atoms with Gasteiger partial charge in [0.25, 0.3) is 0 Å². The number of anilines is 1. The molecule has 0 radical (unpaired) electrons. The minimum absolute atomic E-state index is 0.0463. The molecule has 0 unspecified atom stereocenters. The van der Waals surface area contributed by atoms with E-state index in [0.29, 0.717) is 22.4 Å². The predicted molar refractivity (Wildman–Crippen MR) is 116 cm³/mol. The molecule has 31 heavy (non-hydrogen) atoms. The maximum Gasteiger partial charge on any atom is 0.417 e. The van der Waals surface area contributed by atoms with Gasteiger partial charge in [-0.2, -0.15) is 13.2 Å². The van der Waals surface area contributed by atoms with Crippen LogP contribution >= 0.6 is 0 Å². The number of allylic oxidation sites excluding steroid dienone is 1. The predicted octanol–water partition coefficient (Wildman–Crippen LogP) is 6.39. The Morgan fingerprint density at radius 2 is 1.45 bits per heavy atom. The molecule has 3 rings (SSSR count). The molecule has 0 atom stereocenters. The Bertz CT molecular complexity index is 1150. The number of amides is 1. The standard InChI is InChI=1S/C25H18F3NO2/c1-2-24(31)29-19-14-11-18(12-15-19)23(30)16-13-17-7-3-4-8-20(17)21-9-5-6-10-22(21)25(26,27)28/h2-16H,1H2,(H,29,31)/b16-13+. The summed E-state index contributed by atoms with van der Waals surface area (Å²) in [5.41, 5.74) is 1.06. The van der Waals surface area contributed by atoms with E-state index in [4.69, 9.17) is 0 Å². The van der Waals surface area contributed by atoms with E-state index in [2.05, 4.69) is 11.9 Å². The fraction of sp³-hybridized carbons (Fsp3) is 0.0400. The van der Waals surface area contributed by atoms with Crippen molar-refractivity contribution in [1.29, 1.82) is 0 Å². The lowest BCUT2D eigenvalue weighted by Crippen LogP contribution is -2.07. The number of ketones is 1. The van der Waals surface area contributed by atoms with Gasteiger partial charge < -0.3 is 5.32 Å². The van der Waals surface area contributed by atoms with Crippen LogP contribution in [-0.2, 0) is 11.0 Å². The zero-order valence-electron chi connectivity index (χ0n) is 16.3. The quantitative estimate of drug-likeness (QED) is 0.370. The molecule has 0 saturated heterocycles. The Balaban J connectivity index is 1.87. The molecule has 0 aliphatic rings. The molecule has 6 heteroatoms. The van der Waals surface area contributed by atoms with Crippen molar-refractivity contribution in [3.05, 3.63) is 108 Å². The van der Waals surface area contributed by atoms with Crippen LogP contribution in [0.4, 0.5) is 18.9 Å². The fourth-order valence-electron chi connectivity index (χ4n) is 3.03. The molecular formula is C25H18F3NO2. The molecule has 0 aliphatic heterocycles. The molecule has 0 fully saturated rings. The molecule has 156 valence electrons. The van der Waals surface area contributed by atoms with Gasteiger partial charge >= 0.3 is 6.18 Å². The van der Waals surface area contributed by atoms with Gasteiger partial charge in [-0.25, -0.2) is 0 Å². The van der Waals surface area contributed by atoms with E-state index < -0.39 is 11.7 Å². The fourth-order valence-corrected chi connectivity index (χ4v) is 3.03. The molecule has 0 heterocycles. The van der Waals surface area contributed by atoms with Gasteiger partial charge in [0.05, 0.1) is 5.56 Å². The SMILES string of the molecule is C=CC(=O)Nc1ccc(C(=O)/C=C/c2ccccc2-c2ccccc2C(F)(F)F)cc1. The molecule has 3 aromatic rings. The van der Waals surface area contributed by atoms with Gasteiger partial charge in [-0.15, -0.1) is 0 Å². The molecule has 1 amide bonds. The second-order valence-electron chi connectivity index (χ2n) is 6.60. The van der Waals surface area contributed by atoms with Gasteiger partial charge in [0.15, 0.2) is 5.78 Å². The van der Waals surface area contributed by atoms with E-state index in [1.165, 1.54) is 24.3 Å². The van der Waals surface area contributed by atoms with E-state index in [9.17, 15) is 22.8 Å². The normalized spacial score (nSPS) is 11.3. The van der Waals surface area contributed by atoms with Crippen LogP contribution in [0, 0.1) is 0 Å². The highest BCUT2D eigenvalue weighted by Gasteiger charge is 2.33. The average molecular weight is 421 g/mol. The Morgan fingerprint density at radius 3 is 2.10 bits per heavy atom. The van der Waals surface area contributed by atoms with Crippen LogP contribution in [0.1, 0.15) is 21.5 Å². The number of alkyl halides is 3. The molecule has 3 aromatic carbocycles. The van der Waals surface area contributed by atoms with Crippen LogP contribution in [0.25, 0.3) is 17.2 Å². The lowest BCUT2D eigenvalue weighted by atomic mass is 9.94. The number of rotatable bonds is 6. The van der Waals surface area contributed by atoms with Gasteiger partial charge in [0.1, 0.15) is 0 Å². The summed E-state index contributed by atoms with van der Waals surface area (Å²) in [6, 6.07) is 18.2. The number of hydrogen-bond donors (Lipinski definition) is 1. The number of carbonyl (C=O) groups excluding carboxylic acids is 2. The van der Waals surface area contributed by atoms with Crippen molar-refractivity contribution in [3.63, 3.8) is 0 Å². The number of benzene rings is 3. The Hall–Kier alpha value is -3.93. The number of hydrogen-bond acceptors (Lipinski definition) is 2. The Labute approximate surface area is 177 Å². The highest BCUT2D eigenvalue weighted by molar-refractivity contribution is 6.07. The Kier molecular flexibility index (Phi) is 6.50. The summed E-state index contributed by atoms with van der Waals surface area (Å²) in [4.78, 5) is 23.8. The number of carbonyl (C=O) groups is 2. The van der Waals surface area contributed by atoms with Crippen molar-refractivity contribution >= 4 is 23.5 Å². The molecule has 0 bridgehead atoms. The molecule has 1 N–H and O–H groups in total. The molecule has 3 nitrogen and oxygen atoms in total. The molecular weight excluding hydrogens is 403 g/mol. The average Bonchev–Trinajstić information content (AvgIpc) is 2.77. The first kappa shape index (κ1) is 21.8. The van der Waals surface area contributed by atoms with Crippen molar-refractivity contribution in [1.82, 2.24) is 0 Å². The zero-order chi connectivity index (χ0) is 22.4. The first-order valence-corrected chi connectivity index (χ1v) is 9.31. The summed E-state index contributed by atoms with van der Waals surface area (Å²) in [7, 11) is 0. The van der Waals surface area contributed by atoms with E-state index in [-0.39, 0.29) is 17.3 Å². The summed E-state index contributed by atoms with van der Waals surface area (Å²) in [6.07, 6.45) is -0.549. The summed E-state index contributed by atoms with van der Waals surface area (Å²) in [5.74, 6) is -0.685. The van der Waals surface area contributed by atoms with Crippen LogP contribution in [0.2, 0.25) is 0 Å². The van der Waals surface area contributed by atoms with Crippen molar-refractivity contribution < 1.29 is 22.8 Å². The van der Waals surface area contributed by atoms with Crippen LogP contribution < -0.4 is 5.32 Å². The number of halogens is 3. The Morgan fingerprint density at radius 1 is 0.839 bits per heavy atom. The van der Waals surface area contributed by atoms with Crippen molar-refractivity contribution in [2.24, 2.45) is 0 Å². The molecule has 0 aliphatic carbocycles. The van der Waals surface area contributed by atoms with Gasteiger partial charge in [-0.3, -0.25) is 9.59 Å². The van der Waals surface area contributed by atoms with Crippen LogP contribution in [0.5, 0.6) is 0 Å². The number of nitrogens with one attached hydrogen (secondary N) is 1. The third-order valence-electron chi connectivity index (χ3n) is 4.52. The maximum absolute atomic E-state index is 13.4. The topological polar surface area (TPSA) is 46.2 Å². The highest BCUT2D eigenvalue weighted by Crippen LogP contribution is 2.38.